The smallest absolute Gasteiger partial charge is 0.181 e. The summed E-state index contributed by atoms with van der Waals surface area (Å²) < 4.78 is 1.88. The molecule has 2 rings (SSSR count). The van der Waals surface area contributed by atoms with Gasteiger partial charge in [0, 0.05) is 31.4 Å². The van der Waals surface area contributed by atoms with Gasteiger partial charge in [0.05, 0.1) is 5.69 Å². The summed E-state index contributed by atoms with van der Waals surface area (Å²) in [5.41, 5.74) is 0.581. The van der Waals surface area contributed by atoms with Crippen molar-refractivity contribution in [1.82, 2.24) is 9.88 Å². The van der Waals surface area contributed by atoms with E-state index in [1.54, 1.807) is 6.20 Å². The Labute approximate surface area is 69.5 Å². The molecule has 1 aromatic rings. The van der Waals surface area contributed by atoms with Crippen molar-refractivity contribution < 1.29 is 5.11 Å². The monoisotopic (exact) mass is 166 g/mol. The van der Waals surface area contributed by atoms with Crippen molar-refractivity contribution in [2.75, 3.05) is 6.54 Å². The number of hydrogen-bond donors (Lipinski definition) is 2. The molecule has 0 aromatic carbocycles. The molecule has 0 spiro atoms. The van der Waals surface area contributed by atoms with Crippen LogP contribution in [0.4, 0.5) is 0 Å². The molecule has 0 amide bonds. The van der Waals surface area contributed by atoms with Gasteiger partial charge in [-0.1, -0.05) is 0 Å². The first-order valence-electron chi connectivity index (χ1n) is 3.89. The number of rotatable bonds is 0. The summed E-state index contributed by atoms with van der Waals surface area (Å²) >= 11 is 0. The van der Waals surface area contributed by atoms with E-state index in [4.69, 9.17) is 0 Å². The number of pyridine rings is 1. The Balaban J connectivity index is 2.54. The highest BCUT2D eigenvalue weighted by Gasteiger charge is 2.15. The van der Waals surface area contributed by atoms with Crippen LogP contribution in [0, 0.1) is 0 Å². The normalized spacial score (nSPS) is 21.9. The summed E-state index contributed by atoms with van der Waals surface area (Å²) in [6.45, 7) is 1.53. The highest BCUT2D eigenvalue weighted by Crippen LogP contribution is 2.10. The van der Waals surface area contributed by atoms with Crippen LogP contribution in [0.25, 0.3) is 0 Å². The molecule has 1 atom stereocenters. The maximum atomic E-state index is 10.9. The Kier molecular flexibility index (Phi) is 1.71. The van der Waals surface area contributed by atoms with Crippen molar-refractivity contribution in [3.8, 4) is 0 Å². The second-order valence-electron chi connectivity index (χ2n) is 2.84. The van der Waals surface area contributed by atoms with Gasteiger partial charge in [0.2, 0.25) is 0 Å². The molecule has 0 bridgehead atoms. The fourth-order valence-electron chi connectivity index (χ4n) is 1.39. The first-order chi connectivity index (χ1) is 5.77. The lowest BCUT2D eigenvalue weighted by Crippen LogP contribution is -2.34. The highest BCUT2D eigenvalue weighted by atomic mass is 16.3. The molecule has 0 saturated carbocycles. The molecule has 0 radical (unpaired) electrons. The molecule has 12 heavy (non-hydrogen) atoms. The Hall–Kier alpha value is -1.13. The quantitative estimate of drug-likeness (QED) is 0.543. The lowest BCUT2D eigenvalue weighted by molar-refractivity contribution is 0.114. The number of fused-ring (bicyclic) bond motifs is 1. The predicted octanol–water partition coefficient (Wildman–Crippen LogP) is -0.558. The zero-order valence-corrected chi connectivity index (χ0v) is 6.53. The molecule has 2 heterocycles. The van der Waals surface area contributed by atoms with Gasteiger partial charge in [0.25, 0.3) is 0 Å². The summed E-state index contributed by atoms with van der Waals surface area (Å²) in [4.78, 5) is 10.9. The Bertz CT molecular complexity index is 345. The molecule has 64 valence electrons. The van der Waals surface area contributed by atoms with Crippen LogP contribution in [-0.2, 0) is 6.54 Å². The van der Waals surface area contributed by atoms with E-state index in [0.717, 1.165) is 13.1 Å². The average molecular weight is 166 g/mol. The summed E-state index contributed by atoms with van der Waals surface area (Å²) in [5, 5.41) is 12.3. The topological polar surface area (TPSA) is 54.3 Å². The van der Waals surface area contributed by atoms with Gasteiger partial charge in [-0.2, -0.15) is 0 Å². The summed E-state index contributed by atoms with van der Waals surface area (Å²) in [5.74, 6) is 0. The highest BCUT2D eigenvalue weighted by molar-refractivity contribution is 5.10. The standard InChI is InChI=1S/C8H10N2O2/c11-6-1-3-10-4-2-9-8(12)7(10)5-6/h1,3,5,8-9,12H,2,4H2. The summed E-state index contributed by atoms with van der Waals surface area (Å²) in [6.07, 6.45) is 1.01. The molecule has 4 heteroatoms. The first-order valence-corrected chi connectivity index (χ1v) is 3.89. The lowest BCUT2D eigenvalue weighted by atomic mass is 10.2. The molecular weight excluding hydrogens is 156 g/mol. The van der Waals surface area contributed by atoms with E-state index in [1.165, 1.54) is 12.1 Å². The number of hydrogen-bond acceptors (Lipinski definition) is 3. The zero-order valence-electron chi connectivity index (χ0n) is 6.53. The fourth-order valence-corrected chi connectivity index (χ4v) is 1.39. The number of aliphatic hydroxyl groups is 1. The van der Waals surface area contributed by atoms with E-state index in [0.29, 0.717) is 5.69 Å². The van der Waals surface area contributed by atoms with E-state index >= 15 is 0 Å². The number of nitrogens with zero attached hydrogens (tertiary/aromatic N) is 1. The predicted molar refractivity (Wildman–Crippen MR) is 43.7 cm³/mol. The molecule has 1 aliphatic heterocycles. The van der Waals surface area contributed by atoms with Crippen LogP contribution in [-0.4, -0.2) is 16.2 Å². The number of aliphatic hydroxyl groups excluding tert-OH is 1. The maximum Gasteiger partial charge on any atom is 0.181 e. The summed E-state index contributed by atoms with van der Waals surface area (Å²) in [7, 11) is 0. The van der Waals surface area contributed by atoms with Gasteiger partial charge in [-0.05, 0) is 0 Å². The van der Waals surface area contributed by atoms with Crippen LogP contribution >= 0.6 is 0 Å². The van der Waals surface area contributed by atoms with Crippen molar-refractivity contribution in [2.24, 2.45) is 0 Å². The fraction of sp³-hybridized carbons (Fsp3) is 0.375. The molecule has 4 nitrogen and oxygen atoms in total. The van der Waals surface area contributed by atoms with Gasteiger partial charge in [-0.3, -0.25) is 10.1 Å². The van der Waals surface area contributed by atoms with E-state index in [2.05, 4.69) is 5.32 Å². The second-order valence-corrected chi connectivity index (χ2v) is 2.84. The van der Waals surface area contributed by atoms with Crippen molar-refractivity contribution >= 4 is 0 Å². The Morgan fingerprint density at radius 1 is 1.67 bits per heavy atom. The molecule has 0 saturated heterocycles. The largest absolute Gasteiger partial charge is 0.373 e. The van der Waals surface area contributed by atoms with Gasteiger partial charge < -0.3 is 9.67 Å². The SMILES string of the molecule is O=c1ccn2c(c1)C(O)NCC2. The molecule has 1 aliphatic rings. The van der Waals surface area contributed by atoms with Crippen LogP contribution in [0.5, 0.6) is 0 Å². The minimum Gasteiger partial charge on any atom is -0.373 e. The second kappa shape index (κ2) is 2.73. The first kappa shape index (κ1) is 7.52. The number of nitrogens with one attached hydrogen (secondary N) is 1. The van der Waals surface area contributed by atoms with Crippen molar-refractivity contribution in [3.05, 3.63) is 34.2 Å². The van der Waals surface area contributed by atoms with Crippen molar-refractivity contribution in [2.45, 2.75) is 12.8 Å². The van der Waals surface area contributed by atoms with Crippen LogP contribution in [0.3, 0.4) is 0 Å². The molecule has 1 unspecified atom stereocenters. The molecule has 0 fully saturated rings. The van der Waals surface area contributed by atoms with Crippen LogP contribution in [0.1, 0.15) is 11.9 Å². The molecule has 0 aliphatic carbocycles. The molecule has 1 aromatic heterocycles. The van der Waals surface area contributed by atoms with Gasteiger partial charge in [-0.25, -0.2) is 0 Å². The van der Waals surface area contributed by atoms with E-state index in [-0.39, 0.29) is 5.43 Å². The van der Waals surface area contributed by atoms with Crippen molar-refractivity contribution in [3.63, 3.8) is 0 Å². The third kappa shape index (κ3) is 1.15. The van der Waals surface area contributed by atoms with Crippen LogP contribution in [0.15, 0.2) is 23.1 Å². The molecule has 2 N–H and O–H groups in total. The van der Waals surface area contributed by atoms with E-state index in [1.807, 2.05) is 4.57 Å². The van der Waals surface area contributed by atoms with Gasteiger partial charge in [0.15, 0.2) is 5.43 Å². The van der Waals surface area contributed by atoms with Crippen LogP contribution in [0.2, 0.25) is 0 Å². The van der Waals surface area contributed by atoms with E-state index in [9.17, 15) is 9.90 Å². The van der Waals surface area contributed by atoms with E-state index < -0.39 is 6.23 Å². The van der Waals surface area contributed by atoms with Gasteiger partial charge in [0.1, 0.15) is 6.23 Å². The minimum absolute atomic E-state index is 0.0657. The molecular formula is C8H10N2O2. The third-order valence-electron chi connectivity index (χ3n) is 2.01. The maximum absolute atomic E-state index is 10.9. The third-order valence-corrected chi connectivity index (χ3v) is 2.01. The summed E-state index contributed by atoms with van der Waals surface area (Å²) in [6, 6.07) is 2.96. The van der Waals surface area contributed by atoms with Gasteiger partial charge >= 0.3 is 0 Å². The zero-order chi connectivity index (χ0) is 8.55. The minimum atomic E-state index is -0.701. The average Bonchev–Trinajstić information content (AvgIpc) is 2.07. The van der Waals surface area contributed by atoms with Gasteiger partial charge in [-0.15, -0.1) is 0 Å². The Morgan fingerprint density at radius 3 is 3.33 bits per heavy atom. The lowest BCUT2D eigenvalue weighted by Gasteiger charge is -2.24. The Morgan fingerprint density at radius 2 is 2.50 bits per heavy atom. The number of aromatic nitrogens is 1. The van der Waals surface area contributed by atoms with Crippen molar-refractivity contribution in [1.29, 1.82) is 0 Å². The van der Waals surface area contributed by atoms with Crippen LogP contribution < -0.4 is 10.7 Å².